The molecule has 7 heteroatoms. The molecule has 0 saturated heterocycles. The van der Waals surface area contributed by atoms with Crippen molar-refractivity contribution in [1.82, 2.24) is 9.97 Å². The summed E-state index contributed by atoms with van der Waals surface area (Å²) in [5, 5.41) is 3.21. The number of fused-ring (bicyclic) bond motifs is 1. The van der Waals surface area contributed by atoms with E-state index in [0.717, 1.165) is 0 Å². The van der Waals surface area contributed by atoms with Gasteiger partial charge >= 0.3 is 0 Å². The molecule has 1 aliphatic rings. The number of hydrogen-bond donors (Lipinski definition) is 1. The second-order valence-corrected chi connectivity index (χ2v) is 7.25. The van der Waals surface area contributed by atoms with Crippen LogP contribution in [0.3, 0.4) is 0 Å². The van der Waals surface area contributed by atoms with Gasteiger partial charge < -0.3 is 5.32 Å². The van der Waals surface area contributed by atoms with Crippen molar-refractivity contribution < 1.29 is 8.42 Å². The number of halogens is 1. The van der Waals surface area contributed by atoms with Crippen LogP contribution in [-0.2, 0) is 16.3 Å². The van der Waals surface area contributed by atoms with Crippen LogP contribution < -0.4 is 5.32 Å². The summed E-state index contributed by atoms with van der Waals surface area (Å²) in [7, 11) is -3.27. The number of aromatic nitrogens is 2. The van der Waals surface area contributed by atoms with Crippen molar-refractivity contribution in [2.45, 2.75) is 38.1 Å². The van der Waals surface area contributed by atoms with Crippen molar-refractivity contribution in [3.05, 3.63) is 11.0 Å². The van der Waals surface area contributed by atoms with Crippen LogP contribution in [0.4, 0.5) is 5.82 Å². The molecule has 0 aromatic carbocycles. The van der Waals surface area contributed by atoms with E-state index in [1.165, 1.54) is 0 Å². The smallest absolute Gasteiger partial charge is 0.224 e. The molecule has 0 fully saturated rings. The number of anilines is 1. The third-order valence-electron chi connectivity index (χ3n) is 3.19. The first-order valence-electron chi connectivity index (χ1n) is 5.87. The number of nitrogens with zero attached hydrogens (tertiary/aromatic N) is 2. The van der Waals surface area contributed by atoms with E-state index in [1.807, 2.05) is 6.92 Å². The van der Waals surface area contributed by atoms with E-state index in [9.17, 15) is 8.42 Å². The Morgan fingerprint density at radius 1 is 1.28 bits per heavy atom. The molecule has 1 aromatic rings. The van der Waals surface area contributed by atoms with Crippen molar-refractivity contribution in [1.29, 1.82) is 0 Å². The van der Waals surface area contributed by atoms with E-state index in [2.05, 4.69) is 29.1 Å². The van der Waals surface area contributed by atoms with E-state index in [4.69, 9.17) is 11.6 Å². The van der Waals surface area contributed by atoms with Gasteiger partial charge in [0.05, 0.1) is 11.4 Å². The molecule has 1 unspecified atom stereocenters. The molecule has 0 saturated carbocycles. The number of hydrogen-bond acceptors (Lipinski definition) is 5. The molecule has 0 aliphatic carbocycles. The van der Waals surface area contributed by atoms with E-state index in [1.54, 1.807) is 0 Å². The van der Waals surface area contributed by atoms with E-state index in [-0.39, 0.29) is 22.0 Å². The summed E-state index contributed by atoms with van der Waals surface area (Å²) in [6.07, 6.45) is 0.407. The van der Waals surface area contributed by atoms with Crippen molar-refractivity contribution in [3.8, 4) is 0 Å². The van der Waals surface area contributed by atoms with Gasteiger partial charge in [0, 0.05) is 12.5 Å². The Morgan fingerprint density at radius 2 is 1.94 bits per heavy atom. The highest BCUT2D eigenvalue weighted by Gasteiger charge is 2.32. The Bertz CT molecular complexity index is 572. The first kappa shape index (κ1) is 13.5. The summed E-state index contributed by atoms with van der Waals surface area (Å²) in [6.45, 7) is 6.08. The average molecular weight is 290 g/mol. The lowest BCUT2D eigenvalue weighted by Crippen LogP contribution is -2.23. The number of rotatable bonds is 3. The van der Waals surface area contributed by atoms with Gasteiger partial charge in [-0.2, -0.15) is 4.98 Å². The minimum atomic E-state index is -3.27. The van der Waals surface area contributed by atoms with Crippen LogP contribution in [0, 0.1) is 5.92 Å². The van der Waals surface area contributed by atoms with E-state index >= 15 is 0 Å². The zero-order valence-corrected chi connectivity index (χ0v) is 12.1. The second-order valence-electron chi connectivity index (χ2n) is 4.86. The minimum Gasteiger partial charge on any atom is -0.366 e. The number of aryl methyl sites for hydroxylation is 1. The normalized spacial score (nSPS) is 18.7. The predicted molar refractivity (Wildman–Crippen MR) is 70.7 cm³/mol. The maximum atomic E-state index is 12.0. The zero-order valence-electron chi connectivity index (χ0n) is 10.6. The fraction of sp³-hybridized carbons (Fsp3) is 0.636. The molecule has 0 amide bonds. The summed E-state index contributed by atoms with van der Waals surface area (Å²) in [6, 6.07) is 0.107. The third kappa shape index (κ3) is 2.44. The van der Waals surface area contributed by atoms with Gasteiger partial charge in [-0.25, -0.2) is 13.4 Å². The van der Waals surface area contributed by atoms with Crippen molar-refractivity contribution in [2.24, 2.45) is 5.92 Å². The first-order valence-corrected chi connectivity index (χ1v) is 7.90. The number of sulfone groups is 1. The van der Waals surface area contributed by atoms with Gasteiger partial charge in [-0.1, -0.05) is 13.8 Å². The molecule has 1 aromatic heterocycles. The quantitative estimate of drug-likeness (QED) is 0.861. The Balaban J connectivity index is 2.48. The maximum absolute atomic E-state index is 12.0. The van der Waals surface area contributed by atoms with Gasteiger partial charge in [-0.15, -0.1) is 0 Å². The topological polar surface area (TPSA) is 72.0 Å². The Labute approximate surface area is 112 Å². The standard InChI is InChI=1S/C11H16ClN3O2S/c1-6(2)7(3)13-10-9-8(14-11(12)15-10)4-5-18(9,16)17/h6-7H,4-5H2,1-3H3,(H,13,14,15). The molecular formula is C11H16ClN3O2S. The van der Waals surface area contributed by atoms with Gasteiger partial charge in [0.25, 0.3) is 0 Å². The predicted octanol–water partition coefficient (Wildman–Crippen LogP) is 1.92. The summed E-state index contributed by atoms with van der Waals surface area (Å²) < 4.78 is 23.9. The molecule has 0 radical (unpaired) electrons. The molecule has 5 nitrogen and oxygen atoms in total. The Morgan fingerprint density at radius 3 is 2.56 bits per heavy atom. The summed E-state index contributed by atoms with van der Waals surface area (Å²) in [5.74, 6) is 0.782. The lowest BCUT2D eigenvalue weighted by Gasteiger charge is -2.19. The van der Waals surface area contributed by atoms with Crippen LogP contribution in [0.15, 0.2) is 4.90 Å². The van der Waals surface area contributed by atoms with Gasteiger partial charge in [-0.3, -0.25) is 0 Å². The van der Waals surface area contributed by atoms with Gasteiger partial charge in [0.2, 0.25) is 5.28 Å². The summed E-state index contributed by atoms with van der Waals surface area (Å²) in [4.78, 5) is 8.25. The van der Waals surface area contributed by atoms with Crippen LogP contribution in [0.5, 0.6) is 0 Å². The molecule has 0 bridgehead atoms. The highest BCUT2D eigenvalue weighted by Crippen LogP contribution is 2.32. The molecule has 1 aliphatic heterocycles. The van der Waals surface area contributed by atoms with Crippen LogP contribution in [-0.4, -0.2) is 30.2 Å². The highest BCUT2D eigenvalue weighted by atomic mass is 35.5. The third-order valence-corrected chi connectivity index (χ3v) is 5.15. The average Bonchev–Trinajstić information content (AvgIpc) is 2.54. The summed E-state index contributed by atoms with van der Waals surface area (Å²) in [5.41, 5.74) is 0.522. The van der Waals surface area contributed by atoms with Crippen molar-refractivity contribution in [3.63, 3.8) is 0 Å². The molecule has 100 valence electrons. The van der Waals surface area contributed by atoms with E-state index in [0.29, 0.717) is 23.9 Å². The van der Waals surface area contributed by atoms with Gasteiger partial charge in [-0.05, 0) is 24.4 Å². The molecule has 0 spiro atoms. The minimum absolute atomic E-state index is 0.0854. The largest absolute Gasteiger partial charge is 0.366 e. The summed E-state index contributed by atoms with van der Waals surface area (Å²) >= 11 is 5.83. The molecular weight excluding hydrogens is 274 g/mol. The maximum Gasteiger partial charge on any atom is 0.224 e. The second kappa shape index (κ2) is 4.66. The Hall–Kier alpha value is -0.880. The molecule has 2 rings (SSSR count). The molecule has 1 atom stereocenters. The van der Waals surface area contributed by atoms with Crippen molar-refractivity contribution in [2.75, 3.05) is 11.1 Å². The molecule has 1 N–H and O–H groups in total. The van der Waals surface area contributed by atoms with Crippen LogP contribution in [0.2, 0.25) is 5.28 Å². The van der Waals surface area contributed by atoms with Crippen LogP contribution in [0.1, 0.15) is 26.5 Å². The van der Waals surface area contributed by atoms with Crippen LogP contribution >= 0.6 is 11.6 Å². The van der Waals surface area contributed by atoms with Crippen LogP contribution in [0.25, 0.3) is 0 Å². The van der Waals surface area contributed by atoms with Crippen molar-refractivity contribution >= 4 is 27.3 Å². The lowest BCUT2D eigenvalue weighted by atomic mass is 10.1. The van der Waals surface area contributed by atoms with Gasteiger partial charge in [0.1, 0.15) is 10.7 Å². The monoisotopic (exact) mass is 289 g/mol. The molecule has 18 heavy (non-hydrogen) atoms. The fourth-order valence-electron chi connectivity index (χ4n) is 1.78. The van der Waals surface area contributed by atoms with E-state index < -0.39 is 9.84 Å². The zero-order chi connectivity index (χ0) is 13.5. The Kier molecular flexibility index (Phi) is 3.51. The van der Waals surface area contributed by atoms with Gasteiger partial charge in [0.15, 0.2) is 9.84 Å². The fourth-order valence-corrected chi connectivity index (χ4v) is 3.53. The lowest BCUT2D eigenvalue weighted by molar-refractivity contribution is 0.555. The molecule has 2 heterocycles. The SMILES string of the molecule is CC(C)C(C)Nc1nc(Cl)nc2c1S(=O)(=O)CC2. The first-order chi connectivity index (χ1) is 8.31. The highest BCUT2D eigenvalue weighted by molar-refractivity contribution is 7.91. The number of nitrogens with one attached hydrogen (secondary N) is 1.